The van der Waals surface area contributed by atoms with Gasteiger partial charge in [-0.25, -0.2) is 9.78 Å². The Kier molecular flexibility index (Phi) is 4.34. The van der Waals surface area contributed by atoms with E-state index in [1.807, 2.05) is 0 Å². The van der Waals surface area contributed by atoms with E-state index in [0.29, 0.717) is 37.6 Å². The zero-order chi connectivity index (χ0) is 13.7. The highest BCUT2D eigenvalue weighted by Crippen LogP contribution is 2.20. The molecule has 0 saturated carbocycles. The van der Waals surface area contributed by atoms with Crippen molar-refractivity contribution in [1.82, 2.24) is 4.98 Å². The van der Waals surface area contributed by atoms with Gasteiger partial charge in [0, 0.05) is 25.8 Å². The van der Waals surface area contributed by atoms with Crippen molar-refractivity contribution in [3.8, 4) is 0 Å². The molecule has 104 valence electrons. The molecule has 6 heteroatoms. The molecular formula is C13H18N2O4. The van der Waals surface area contributed by atoms with Crippen LogP contribution in [-0.2, 0) is 9.47 Å². The molecule has 6 nitrogen and oxygen atoms in total. The minimum atomic E-state index is -0.899. The summed E-state index contributed by atoms with van der Waals surface area (Å²) in [4.78, 5) is 15.9. The van der Waals surface area contributed by atoms with Gasteiger partial charge in [-0.05, 0) is 19.1 Å². The fourth-order valence-electron chi connectivity index (χ4n) is 1.90. The van der Waals surface area contributed by atoms with Crippen LogP contribution in [0.1, 0.15) is 23.7 Å². The van der Waals surface area contributed by atoms with E-state index in [2.05, 4.69) is 10.3 Å². The second-order valence-electron chi connectivity index (χ2n) is 4.50. The molecule has 1 unspecified atom stereocenters. The monoisotopic (exact) mass is 266 g/mol. The van der Waals surface area contributed by atoms with Crippen LogP contribution >= 0.6 is 0 Å². The van der Waals surface area contributed by atoms with Crippen LogP contribution in [-0.4, -0.2) is 48.0 Å². The number of carbonyl (C=O) groups excluding carboxylic acids is 1. The van der Waals surface area contributed by atoms with Crippen LogP contribution in [0.2, 0.25) is 0 Å². The van der Waals surface area contributed by atoms with Gasteiger partial charge in [-0.2, -0.15) is 0 Å². The molecule has 2 rings (SSSR count). The number of ether oxygens (including phenoxy) is 2. The lowest BCUT2D eigenvalue weighted by molar-refractivity contribution is 0.0379. The highest BCUT2D eigenvalue weighted by molar-refractivity contribution is 5.94. The van der Waals surface area contributed by atoms with Crippen molar-refractivity contribution >= 4 is 11.8 Å². The van der Waals surface area contributed by atoms with Crippen molar-refractivity contribution in [2.24, 2.45) is 0 Å². The predicted octanol–water partition coefficient (Wildman–Crippen LogP) is 0.822. The minimum absolute atomic E-state index is 0.288. The summed E-state index contributed by atoms with van der Waals surface area (Å²) in [5.41, 5.74) is -0.532. The summed E-state index contributed by atoms with van der Waals surface area (Å²) >= 11 is 0. The van der Waals surface area contributed by atoms with Gasteiger partial charge >= 0.3 is 5.97 Å². The van der Waals surface area contributed by atoms with Crippen molar-refractivity contribution in [1.29, 1.82) is 0 Å². The van der Waals surface area contributed by atoms with Crippen LogP contribution in [0.15, 0.2) is 18.3 Å². The zero-order valence-electron chi connectivity index (χ0n) is 10.9. The average molecular weight is 266 g/mol. The van der Waals surface area contributed by atoms with Gasteiger partial charge in [-0.15, -0.1) is 0 Å². The second-order valence-corrected chi connectivity index (χ2v) is 4.50. The Morgan fingerprint density at radius 1 is 1.68 bits per heavy atom. The minimum Gasteiger partial charge on any atom is -0.462 e. The molecule has 0 radical (unpaired) electrons. The van der Waals surface area contributed by atoms with Gasteiger partial charge in [0.25, 0.3) is 0 Å². The van der Waals surface area contributed by atoms with Gasteiger partial charge in [-0.3, -0.25) is 0 Å². The van der Waals surface area contributed by atoms with Crippen LogP contribution in [0.5, 0.6) is 0 Å². The lowest BCUT2D eigenvalue weighted by Crippen LogP contribution is -2.37. The van der Waals surface area contributed by atoms with Crippen molar-refractivity contribution in [3.63, 3.8) is 0 Å². The Balaban J connectivity index is 2.05. The van der Waals surface area contributed by atoms with Crippen LogP contribution in [0.25, 0.3) is 0 Å². The number of aromatic nitrogens is 1. The lowest BCUT2D eigenvalue weighted by Gasteiger charge is -2.21. The van der Waals surface area contributed by atoms with E-state index >= 15 is 0 Å². The van der Waals surface area contributed by atoms with E-state index in [0.717, 1.165) is 0 Å². The number of anilines is 1. The summed E-state index contributed by atoms with van der Waals surface area (Å²) < 4.78 is 10.1. The molecule has 1 saturated heterocycles. The molecule has 0 aliphatic carbocycles. The van der Waals surface area contributed by atoms with Gasteiger partial charge in [0.2, 0.25) is 0 Å². The first-order chi connectivity index (χ1) is 9.14. The molecular weight excluding hydrogens is 248 g/mol. The van der Waals surface area contributed by atoms with Gasteiger partial charge in [0.1, 0.15) is 17.0 Å². The van der Waals surface area contributed by atoms with Crippen molar-refractivity contribution in [2.75, 3.05) is 31.7 Å². The Hall–Kier alpha value is -1.66. The molecule has 1 aliphatic rings. The van der Waals surface area contributed by atoms with E-state index in [9.17, 15) is 9.90 Å². The van der Waals surface area contributed by atoms with Crippen LogP contribution < -0.4 is 5.32 Å². The average Bonchev–Trinajstić information content (AvgIpc) is 2.84. The molecule has 1 aromatic heterocycles. The first-order valence-electron chi connectivity index (χ1n) is 6.31. The molecule has 1 aliphatic heterocycles. The van der Waals surface area contributed by atoms with Crippen LogP contribution in [0.3, 0.4) is 0 Å². The first kappa shape index (κ1) is 13.8. The highest BCUT2D eigenvalue weighted by atomic mass is 16.5. The Bertz CT molecular complexity index is 444. The van der Waals surface area contributed by atoms with E-state index in [-0.39, 0.29) is 6.54 Å². The van der Waals surface area contributed by atoms with Gasteiger partial charge in [0.05, 0.1) is 13.2 Å². The third-order valence-corrected chi connectivity index (χ3v) is 2.97. The van der Waals surface area contributed by atoms with E-state index in [4.69, 9.17) is 9.47 Å². The summed E-state index contributed by atoms with van der Waals surface area (Å²) in [6.07, 6.45) is 2.15. The molecule has 1 aromatic rings. The third kappa shape index (κ3) is 3.42. The van der Waals surface area contributed by atoms with Gasteiger partial charge in [0.15, 0.2) is 0 Å². The molecule has 2 N–H and O–H groups in total. The molecule has 19 heavy (non-hydrogen) atoms. The lowest BCUT2D eigenvalue weighted by atomic mass is 10.0. The number of esters is 1. The molecule has 0 spiro atoms. The normalized spacial score (nSPS) is 22.2. The summed E-state index contributed by atoms with van der Waals surface area (Å²) in [6, 6.07) is 3.31. The topological polar surface area (TPSA) is 80.7 Å². The SMILES string of the molecule is CCOC(=O)c1cccnc1NCC1(O)CCOC1. The molecule has 1 fully saturated rings. The van der Waals surface area contributed by atoms with Crippen molar-refractivity contribution < 1.29 is 19.4 Å². The van der Waals surface area contributed by atoms with E-state index < -0.39 is 11.6 Å². The Morgan fingerprint density at radius 2 is 2.53 bits per heavy atom. The van der Waals surface area contributed by atoms with Gasteiger partial charge < -0.3 is 19.9 Å². The number of nitrogens with one attached hydrogen (secondary N) is 1. The van der Waals surface area contributed by atoms with Gasteiger partial charge in [-0.1, -0.05) is 0 Å². The highest BCUT2D eigenvalue weighted by Gasteiger charge is 2.32. The number of nitrogens with zero attached hydrogens (tertiary/aromatic N) is 1. The first-order valence-corrected chi connectivity index (χ1v) is 6.31. The Morgan fingerprint density at radius 3 is 3.21 bits per heavy atom. The molecule has 0 aromatic carbocycles. The van der Waals surface area contributed by atoms with Crippen molar-refractivity contribution in [3.05, 3.63) is 23.9 Å². The number of rotatable bonds is 5. The maximum absolute atomic E-state index is 11.8. The smallest absolute Gasteiger partial charge is 0.341 e. The fraction of sp³-hybridized carbons (Fsp3) is 0.538. The van der Waals surface area contributed by atoms with Crippen LogP contribution in [0.4, 0.5) is 5.82 Å². The number of aliphatic hydroxyl groups is 1. The summed E-state index contributed by atoms with van der Waals surface area (Å²) in [7, 11) is 0. The fourth-order valence-corrected chi connectivity index (χ4v) is 1.90. The van der Waals surface area contributed by atoms with E-state index in [1.54, 1.807) is 25.3 Å². The van der Waals surface area contributed by atoms with E-state index in [1.165, 1.54) is 0 Å². The quantitative estimate of drug-likeness (QED) is 0.768. The largest absolute Gasteiger partial charge is 0.462 e. The zero-order valence-corrected chi connectivity index (χ0v) is 10.9. The maximum atomic E-state index is 11.8. The van der Waals surface area contributed by atoms with Crippen LogP contribution in [0, 0.1) is 0 Å². The Labute approximate surface area is 111 Å². The van der Waals surface area contributed by atoms with Crippen molar-refractivity contribution in [2.45, 2.75) is 18.9 Å². The summed E-state index contributed by atoms with van der Waals surface area (Å²) in [6.45, 7) is 3.19. The third-order valence-electron chi connectivity index (χ3n) is 2.97. The summed E-state index contributed by atoms with van der Waals surface area (Å²) in [5, 5.41) is 13.1. The standard InChI is InChI=1S/C13H18N2O4/c1-2-19-12(16)10-4-3-6-14-11(10)15-8-13(17)5-7-18-9-13/h3-4,6,17H,2,5,7-9H2,1H3,(H,14,15). The number of carbonyl (C=O) groups is 1. The predicted molar refractivity (Wildman–Crippen MR) is 69.1 cm³/mol. The molecule has 1 atom stereocenters. The second kappa shape index (κ2) is 5.99. The number of hydrogen-bond donors (Lipinski definition) is 2. The molecule has 0 amide bonds. The molecule has 0 bridgehead atoms. The summed E-state index contributed by atoms with van der Waals surface area (Å²) in [5.74, 6) is -0.00552. The number of hydrogen-bond acceptors (Lipinski definition) is 6. The number of pyridine rings is 1. The molecule has 2 heterocycles. The maximum Gasteiger partial charge on any atom is 0.341 e.